The van der Waals surface area contributed by atoms with Gasteiger partial charge in [0, 0.05) is 27.2 Å². The van der Waals surface area contributed by atoms with Crippen molar-refractivity contribution in [3.05, 3.63) is 0 Å². The SMILES string of the molecule is CC(=O)N[C@H]1[C@H](OC[C@@H](O)[C@@H](O)[C@H](O)[C@H](CO)NC(C)=O)O[C@H](CO[C@]2(C(=O)O)C[C@@H](O)[C@@H](O[C@H]3O[C@H]([C@H](CO)O[C@H]4O[C@H](CO)[C@@H](O)[C@H](O)[C@H]4O)[C@@H](O[C@@H]4O[C@H](CO)[C@@H](O)[C@H](O)[C@H]4O)[C@H](O[C@H]4O[C@H]([C@@H](O)CO)[C@@H](O)[C@H](O)[C@@H]4O[C@H]4O[C@H]([C@@H](O)CO[C@H]5O[C@H](CO)[C@@H](O)[C@H](O)[C@H]5NC(C)=O)[C@@H](O)[C@H](O[C@@H]5O[C@H](CO)[C@H](O)[C@H](O)[C@H]5O)[C@@H]4O)[C@@H]3O)[C@@H]([C@H](O)CO)O2)[C@@H](O)[C@@H]1O. The molecule has 9 aliphatic heterocycles. The van der Waals surface area contributed by atoms with Gasteiger partial charge in [-0.05, 0) is 0 Å². The topological polar surface area (TPSA) is 958 Å². The zero-order valence-corrected chi connectivity index (χ0v) is 69.1. The van der Waals surface area contributed by atoms with Crippen LogP contribution in [0.3, 0.4) is 0 Å². The molecule has 59 heteroatoms. The van der Waals surface area contributed by atoms with Crippen molar-refractivity contribution in [3.8, 4) is 0 Å². The Morgan fingerprint density at radius 3 is 1.23 bits per heavy atom. The lowest BCUT2D eigenvalue weighted by Gasteiger charge is -2.53. The predicted octanol–water partition coefficient (Wildman–Crippen LogP) is -24.8. The average molecular weight is 1910 g/mol. The van der Waals surface area contributed by atoms with Crippen LogP contribution in [0.1, 0.15) is 27.2 Å². The third kappa shape index (κ3) is 24.6. The molecule has 0 aromatic carbocycles. The molecule has 9 heterocycles. The number of nitrogens with one attached hydrogen (secondary N) is 3. The van der Waals surface area contributed by atoms with Crippen molar-refractivity contribution in [3.63, 3.8) is 0 Å². The summed E-state index contributed by atoms with van der Waals surface area (Å²) in [5.41, 5.74) is 0. The Labute approximate surface area is 734 Å². The minimum Gasteiger partial charge on any atom is -0.477 e. The Balaban J connectivity index is 1.13. The van der Waals surface area contributed by atoms with Crippen LogP contribution in [0, 0.1) is 0 Å². The highest BCUT2D eigenvalue weighted by atomic mass is 16.8. The first-order valence-electron chi connectivity index (χ1n) is 40.9. The summed E-state index contributed by atoms with van der Waals surface area (Å²) in [5.74, 6) is -8.30. The highest BCUT2D eigenvalue weighted by Gasteiger charge is 2.64. The molecule has 0 radical (unpaired) electrons. The van der Waals surface area contributed by atoms with Crippen molar-refractivity contribution in [1.29, 1.82) is 0 Å². The number of rotatable bonds is 40. The van der Waals surface area contributed by atoms with Gasteiger partial charge in [0.2, 0.25) is 17.7 Å². The molecule has 130 heavy (non-hydrogen) atoms. The highest BCUT2D eigenvalue weighted by Crippen LogP contribution is 2.43. The standard InChI is InChI=1S/C71H121N3O56/c1-16(83)72-19(5-75)33(91)34(92)23(89)13-113-63-32(74-18(3)85)41(99)39(97)30(121-63)15-115-71(70(111)112)4-20(86)55(56(130-71)22(88)7-77)124-68-52(110)59(61(129-66-49(107)44(102)38(96)28(11-81)119-66)57(125-68)29(12-82)120-64-47(105)42(100)36(94)26(9-79)117-64)127-69-60(46(104)45(103)53(123-69)21(87)6-76)128-67-51(109)58(126-65-48(106)43(101)37(95)27(10-80)118-65)50(108)54(122-67)24(90)14-114-62-31(73-17(2)84)40(98)35(93)25(8-78)116-62/h19-69,75-82,86-110H,4-15H2,1-3H3,(H,72,83)(H,73,84)(H,74,85)(H,111,112)/t19-,20+,21-,22+,23+,24-,25+,26+,27+,28+,29-,30+,31+,32+,33+,34+,35+,36+,37-,38+,39+,40+,41+,42-,43-,44-,45-,46-,47+,48+,49+,50+,51-,52-,53+,54+,55+,56+,57+,58-,59+,60-,61+,62-,63+,64+,65-,66-,67+,68-,69+,71+/m0/s1. The largest absolute Gasteiger partial charge is 0.477 e. The third-order valence-corrected chi connectivity index (χ3v) is 23.3. The van der Waals surface area contributed by atoms with Crippen LogP contribution in [-0.2, 0) is 104 Å². The van der Waals surface area contributed by atoms with E-state index in [4.69, 9.17) is 85.3 Å². The fourth-order valence-corrected chi connectivity index (χ4v) is 16.1. The van der Waals surface area contributed by atoms with Crippen LogP contribution in [0.5, 0.6) is 0 Å². The van der Waals surface area contributed by atoms with Gasteiger partial charge in [0.25, 0.3) is 5.79 Å². The van der Waals surface area contributed by atoms with Gasteiger partial charge >= 0.3 is 5.97 Å². The number of aliphatic hydroxyl groups excluding tert-OH is 33. The molecular formula is C71H121N3O56. The smallest absolute Gasteiger partial charge is 0.364 e. The third-order valence-electron chi connectivity index (χ3n) is 23.3. The van der Waals surface area contributed by atoms with E-state index >= 15 is 0 Å². The summed E-state index contributed by atoms with van der Waals surface area (Å²) in [5, 5.41) is 388. The number of aliphatic carboxylic acids is 1. The number of carbonyl (C=O) groups excluding carboxylic acids is 3. The van der Waals surface area contributed by atoms with Crippen LogP contribution >= 0.6 is 0 Å². The van der Waals surface area contributed by atoms with Crippen LogP contribution in [0.15, 0.2) is 0 Å². The van der Waals surface area contributed by atoms with Gasteiger partial charge in [-0.15, -0.1) is 0 Å². The highest BCUT2D eigenvalue weighted by molar-refractivity contribution is 5.76. The van der Waals surface area contributed by atoms with E-state index in [1.165, 1.54) is 0 Å². The second-order valence-electron chi connectivity index (χ2n) is 32.5. The monoisotopic (exact) mass is 1910 g/mol. The number of carboxylic acids is 1. The summed E-state index contributed by atoms with van der Waals surface area (Å²) in [6, 6.07) is -5.15. The Bertz CT molecular complexity index is 3470. The molecule has 3 amide bonds. The molecule has 0 aromatic rings. The van der Waals surface area contributed by atoms with Gasteiger partial charge in [-0.2, -0.15) is 0 Å². The maximum absolute atomic E-state index is 13.7. The van der Waals surface area contributed by atoms with Crippen LogP contribution in [0.2, 0.25) is 0 Å². The number of carboxylic acid groups (broad SMARTS) is 1. The summed E-state index contributed by atoms with van der Waals surface area (Å²) in [7, 11) is 0. The zero-order valence-electron chi connectivity index (χ0n) is 69.1. The summed E-state index contributed by atoms with van der Waals surface area (Å²) in [6.45, 7) is -11.0. The molecule has 37 N–H and O–H groups in total. The van der Waals surface area contributed by atoms with Crippen LogP contribution < -0.4 is 16.0 Å². The van der Waals surface area contributed by atoms with E-state index in [0.29, 0.717) is 0 Å². The van der Waals surface area contributed by atoms with Crippen molar-refractivity contribution in [2.75, 3.05) is 72.7 Å². The van der Waals surface area contributed by atoms with Gasteiger partial charge in [0.05, 0.1) is 84.8 Å². The number of aliphatic hydroxyl groups is 33. The fraction of sp³-hybridized carbons (Fsp3) is 0.944. The van der Waals surface area contributed by atoms with Gasteiger partial charge < -0.3 is 275 Å². The molecule has 0 bridgehead atoms. The van der Waals surface area contributed by atoms with Crippen molar-refractivity contribution in [1.82, 2.24) is 16.0 Å². The summed E-state index contributed by atoms with van der Waals surface area (Å²) in [6.07, 6.45) is -117. The predicted molar refractivity (Wildman–Crippen MR) is 396 cm³/mol. The van der Waals surface area contributed by atoms with Gasteiger partial charge in [0.15, 0.2) is 50.3 Å². The molecule has 59 nitrogen and oxygen atoms in total. The number of hydrogen-bond donors (Lipinski definition) is 37. The molecule has 9 fully saturated rings. The fourth-order valence-electron chi connectivity index (χ4n) is 16.1. The van der Waals surface area contributed by atoms with Gasteiger partial charge in [-0.3, -0.25) is 14.4 Å². The van der Waals surface area contributed by atoms with Crippen molar-refractivity contribution >= 4 is 23.7 Å². The van der Waals surface area contributed by atoms with Crippen molar-refractivity contribution in [2.24, 2.45) is 0 Å². The van der Waals surface area contributed by atoms with E-state index in [1.807, 2.05) is 0 Å². The van der Waals surface area contributed by atoms with Gasteiger partial charge in [-0.25, -0.2) is 4.79 Å². The molecule has 9 aliphatic rings. The molecular weight excluding hydrogens is 1790 g/mol. The van der Waals surface area contributed by atoms with E-state index in [0.717, 1.165) is 20.8 Å². The molecule has 9 rings (SSSR count). The Kier molecular flexibility index (Phi) is 40.4. The van der Waals surface area contributed by atoms with Crippen LogP contribution in [0.25, 0.3) is 0 Å². The normalized spacial score (nSPS) is 45.9. The molecule has 0 spiro atoms. The summed E-state index contributed by atoms with van der Waals surface area (Å²) >= 11 is 0. The maximum atomic E-state index is 13.7. The Morgan fingerprint density at radius 2 is 0.754 bits per heavy atom. The summed E-state index contributed by atoms with van der Waals surface area (Å²) in [4.78, 5) is 50.3. The van der Waals surface area contributed by atoms with Crippen LogP contribution in [0.4, 0.5) is 0 Å². The lowest BCUT2D eigenvalue weighted by molar-refractivity contribution is -0.421. The van der Waals surface area contributed by atoms with Crippen molar-refractivity contribution in [2.45, 2.75) is 346 Å². The van der Waals surface area contributed by atoms with Crippen LogP contribution in [-0.4, -0.2) is 588 Å². The van der Waals surface area contributed by atoms with Crippen molar-refractivity contribution < 1.29 is 278 Å². The summed E-state index contributed by atoms with van der Waals surface area (Å²) < 4.78 is 106. The molecule has 0 aliphatic carbocycles. The van der Waals surface area contributed by atoms with E-state index < -0.39 is 421 Å². The van der Waals surface area contributed by atoms with Gasteiger partial charge in [0.1, 0.15) is 250 Å². The molecule has 9 saturated heterocycles. The average Bonchev–Trinajstić information content (AvgIpc) is 0.746. The lowest BCUT2D eigenvalue weighted by Crippen LogP contribution is -2.71. The quantitative estimate of drug-likeness (QED) is 0.0271. The molecule has 756 valence electrons. The minimum atomic E-state index is -3.44. The lowest BCUT2D eigenvalue weighted by atomic mass is 9.90. The molecule has 0 saturated carbocycles. The zero-order chi connectivity index (χ0) is 96.6. The number of hydrogen-bond acceptors (Lipinski definition) is 55. The number of carbonyl (C=O) groups is 4. The second-order valence-corrected chi connectivity index (χ2v) is 32.5. The Hall–Kier alpha value is -4.16. The molecule has 0 aromatic heterocycles. The first kappa shape index (κ1) is 109. The Morgan fingerprint density at radius 1 is 0.354 bits per heavy atom. The van der Waals surface area contributed by atoms with E-state index in [-0.39, 0.29) is 0 Å². The van der Waals surface area contributed by atoms with E-state index in [1.54, 1.807) is 0 Å². The maximum Gasteiger partial charge on any atom is 0.364 e. The number of amides is 3. The molecule has 0 unspecified atom stereocenters. The minimum absolute atomic E-state index is 0.792. The van der Waals surface area contributed by atoms with E-state index in [9.17, 15) is 193 Å². The first-order chi connectivity index (χ1) is 61.2. The first-order valence-corrected chi connectivity index (χ1v) is 40.9. The molecule has 52 atom stereocenters. The van der Waals surface area contributed by atoms with Gasteiger partial charge in [-0.1, -0.05) is 0 Å². The second kappa shape index (κ2) is 47.9. The van der Waals surface area contributed by atoms with E-state index in [2.05, 4.69) is 16.0 Å². The number of ether oxygens (including phenoxy) is 18.